The number of amides is 4. The number of nitrogens with two attached hydrogens (primary N) is 1. The largest absolute Gasteiger partial charge is 0.488 e. The lowest BCUT2D eigenvalue weighted by Gasteiger charge is -2.33. The minimum absolute atomic E-state index is 0.0350. The molecular formula is C46H50N8O8. The van der Waals surface area contributed by atoms with E-state index in [1.807, 2.05) is 43.9 Å². The first-order valence-corrected chi connectivity index (χ1v) is 21.1. The number of hydrogen-bond donors (Lipinski definition) is 4. The van der Waals surface area contributed by atoms with Crippen LogP contribution in [-0.4, -0.2) is 79.5 Å². The molecule has 2 aromatic heterocycles. The smallest absolute Gasteiger partial charge is 0.407 e. The summed E-state index contributed by atoms with van der Waals surface area (Å²) in [6, 6.07) is 15.7. The molecule has 5 N–H and O–H groups in total. The summed E-state index contributed by atoms with van der Waals surface area (Å²) in [4.78, 5) is 72.0. The summed E-state index contributed by atoms with van der Waals surface area (Å²) < 4.78 is 23.1. The van der Waals surface area contributed by atoms with Gasteiger partial charge in [-0.15, -0.1) is 0 Å². The van der Waals surface area contributed by atoms with E-state index in [4.69, 9.17) is 34.6 Å². The van der Waals surface area contributed by atoms with E-state index in [9.17, 15) is 19.2 Å². The van der Waals surface area contributed by atoms with E-state index in [1.54, 1.807) is 41.6 Å². The molecule has 16 nitrogen and oxygen atoms in total. The Morgan fingerprint density at radius 3 is 2.00 bits per heavy atom. The van der Waals surface area contributed by atoms with Crippen LogP contribution in [0, 0.1) is 11.8 Å². The van der Waals surface area contributed by atoms with E-state index >= 15 is 0 Å². The number of alkyl carbamates (subject to hydrolysis) is 1. The van der Waals surface area contributed by atoms with Crippen LogP contribution in [0.3, 0.4) is 0 Å². The second-order valence-electron chi connectivity index (χ2n) is 17.1. The zero-order valence-corrected chi connectivity index (χ0v) is 35.3. The van der Waals surface area contributed by atoms with Crippen molar-refractivity contribution in [3.63, 3.8) is 0 Å². The standard InChI is InChI=1S/C46H50N8O8/c1-23(2)39(52-46(58)59-5)43(55)54-25(4)11-12-33(54)41-48-18-31(50-41)27-14-29-21-61-36-17-28(15-30-22-60-35(16-27)37(29)38(30)36)32-19-49-42(51-32)34-13-24(3)20-53(34)44(56)40(62-45(47)57)26-9-7-6-8-10-26/h6-10,14-19,23-25,33-34,39-40H,11-13,20-22H2,1-5H3,(H2,47,57)(H,48,50)(H,49,51)(H,52,58)/t24-,25-,33-,34-,39?,40?/m0/s1. The molecule has 322 valence electrons. The van der Waals surface area contributed by atoms with Crippen LogP contribution in [0.2, 0.25) is 0 Å². The highest BCUT2D eigenvalue weighted by atomic mass is 16.6. The van der Waals surface area contributed by atoms with Gasteiger partial charge < -0.3 is 49.8 Å². The molecule has 3 aromatic carbocycles. The molecule has 4 amide bonds. The van der Waals surface area contributed by atoms with Gasteiger partial charge in [0.2, 0.25) is 12.0 Å². The Morgan fingerprint density at radius 2 is 1.44 bits per heavy atom. The molecule has 0 spiro atoms. The van der Waals surface area contributed by atoms with Gasteiger partial charge in [-0.1, -0.05) is 51.1 Å². The van der Waals surface area contributed by atoms with Gasteiger partial charge in [0.1, 0.15) is 42.4 Å². The van der Waals surface area contributed by atoms with Gasteiger partial charge in [0.05, 0.1) is 43.0 Å². The van der Waals surface area contributed by atoms with Crippen molar-refractivity contribution in [3.8, 4) is 45.1 Å². The molecule has 5 aromatic rings. The minimum Gasteiger partial charge on any atom is -0.488 e. The fourth-order valence-corrected chi connectivity index (χ4v) is 9.48. The molecule has 4 aliphatic heterocycles. The van der Waals surface area contributed by atoms with Gasteiger partial charge in [-0.05, 0) is 62.3 Å². The van der Waals surface area contributed by atoms with Crippen molar-refractivity contribution < 1.29 is 38.1 Å². The summed E-state index contributed by atoms with van der Waals surface area (Å²) >= 11 is 0. The highest BCUT2D eigenvalue weighted by molar-refractivity contribution is 5.89. The van der Waals surface area contributed by atoms with E-state index in [2.05, 4.69) is 34.3 Å². The van der Waals surface area contributed by atoms with Gasteiger partial charge in [-0.3, -0.25) is 9.59 Å². The quantitative estimate of drug-likeness (QED) is 0.112. The van der Waals surface area contributed by atoms with Crippen molar-refractivity contribution in [1.29, 1.82) is 0 Å². The number of rotatable bonds is 10. The number of methoxy groups -OCH3 is 1. The second-order valence-corrected chi connectivity index (χ2v) is 17.1. The normalized spacial score (nSPS) is 20.8. The van der Waals surface area contributed by atoms with Gasteiger partial charge in [0.25, 0.3) is 5.91 Å². The maximum absolute atomic E-state index is 14.0. The summed E-state index contributed by atoms with van der Waals surface area (Å²) in [5.41, 5.74) is 13.2. The Kier molecular flexibility index (Phi) is 10.6. The summed E-state index contributed by atoms with van der Waals surface area (Å²) in [7, 11) is 1.29. The summed E-state index contributed by atoms with van der Waals surface area (Å²) in [6.07, 6.45) is 2.94. The molecule has 16 heteroatoms. The second kappa shape index (κ2) is 16.2. The number of aromatic nitrogens is 4. The first kappa shape index (κ1) is 40.6. The van der Waals surface area contributed by atoms with Gasteiger partial charge in [-0.2, -0.15) is 0 Å². The summed E-state index contributed by atoms with van der Waals surface area (Å²) in [5.74, 6) is 2.32. The highest BCUT2D eigenvalue weighted by Crippen LogP contribution is 2.51. The number of nitrogens with zero attached hydrogens (tertiary/aromatic N) is 4. The molecule has 2 saturated heterocycles. The van der Waals surface area contributed by atoms with Crippen molar-refractivity contribution in [2.24, 2.45) is 17.6 Å². The highest BCUT2D eigenvalue weighted by Gasteiger charge is 2.43. The molecule has 0 aliphatic carbocycles. The van der Waals surface area contributed by atoms with Crippen molar-refractivity contribution in [2.75, 3.05) is 13.7 Å². The number of imidazole rings is 2. The average Bonchev–Trinajstić information content (AvgIpc) is 4.10. The molecule has 6 heterocycles. The number of hydrogen-bond acceptors (Lipinski definition) is 10. The fourth-order valence-electron chi connectivity index (χ4n) is 9.48. The van der Waals surface area contributed by atoms with Crippen LogP contribution in [0.1, 0.15) is 93.5 Å². The Bertz CT molecular complexity index is 2500. The Morgan fingerprint density at radius 1 is 0.839 bits per heavy atom. The maximum Gasteiger partial charge on any atom is 0.407 e. The first-order valence-electron chi connectivity index (χ1n) is 21.1. The van der Waals surface area contributed by atoms with Crippen LogP contribution < -0.4 is 20.5 Å². The number of ether oxygens (including phenoxy) is 4. The predicted molar refractivity (Wildman–Crippen MR) is 226 cm³/mol. The Balaban J connectivity index is 0.956. The molecule has 0 saturated carbocycles. The number of nitrogens with one attached hydrogen (secondary N) is 3. The van der Waals surface area contributed by atoms with E-state index in [0.717, 1.165) is 69.1 Å². The molecule has 4 aliphatic rings. The van der Waals surface area contributed by atoms with Crippen LogP contribution in [0.5, 0.6) is 11.5 Å². The van der Waals surface area contributed by atoms with E-state index < -0.39 is 24.3 Å². The predicted octanol–water partition coefficient (Wildman–Crippen LogP) is 7.10. The van der Waals surface area contributed by atoms with Gasteiger partial charge in [0, 0.05) is 51.5 Å². The Hall–Kier alpha value is -6.84. The van der Waals surface area contributed by atoms with Gasteiger partial charge in [-0.25, -0.2) is 19.6 Å². The van der Waals surface area contributed by atoms with Crippen LogP contribution in [-0.2, 0) is 32.3 Å². The van der Waals surface area contributed by atoms with E-state index in [0.29, 0.717) is 43.4 Å². The molecule has 0 bridgehead atoms. The Labute approximate surface area is 358 Å². The molecule has 0 radical (unpaired) electrons. The third kappa shape index (κ3) is 7.36. The zero-order valence-electron chi connectivity index (χ0n) is 35.3. The van der Waals surface area contributed by atoms with E-state index in [-0.39, 0.29) is 41.8 Å². The number of benzene rings is 3. The lowest BCUT2D eigenvalue weighted by atomic mass is 9.87. The molecule has 2 fully saturated rings. The van der Waals surface area contributed by atoms with Crippen LogP contribution >= 0.6 is 0 Å². The topological polar surface area (TPSA) is 207 Å². The average molecular weight is 843 g/mol. The number of primary amides is 1. The number of H-pyrrole nitrogens is 2. The van der Waals surface area contributed by atoms with Gasteiger partial charge in [0.15, 0.2) is 0 Å². The minimum atomic E-state index is -1.17. The lowest BCUT2D eigenvalue weighted by molar-refractivity contribution is -0.142. The third-order valence-electron chi connectivity index (χ3n) is 12.5. The van der Waals surface area contributed by atoms with E-state index in [1.165, 1.54) is 7.11 Å². The summed E-state index contributed by atoms with van der Waals surface area (Å²) in [5, 5.41) is 2.72. The lowest BCUT2D eigenvalue weighted by Crippen LogP contribution is -2.52. The fraction of sp³-hybridized carbons (Fsp3) is 0.391. The monoisotopic (exact) mass is 842 g/mol. The van der Waals surface area contributed by atoms with Gasteiger partial charge >= 0.3 is 12.2 Å². The zero-order chi connectivity index (χ0) is 43.4. The van der Waals surface area contributed by atoms with Crippen molar-refractivity contribution in [1.82, 2.24) is 35.1 Å². The van der Waals surface area contributed by atoms with Crippen molar-refractivity contribution >= 4 is 24.0 Å². The molecule has 9 rings (SSSR count). The number of aromatic amines is 2. The molecular weight excluding hydrogens is 793 g/mol. The number of carbonyl (C=O) groups is 4. The number of likely N-dealkylation sites (tertiary alicyclic amines) is 2. The third-order valence-corrected chi connectivity index (χ3v) is 12.5. The van der Waals surface area contributed by atoms with Crippen LogP contribution in [0.15, 0.2) is 67.0 Å². The maximum atomic E-state index is 14.0. The molecule has 62 heavy (non-hydrogen) atoms. The van der Waals surface area contributed by atoms with Crippen LogP contribution in [0.4, 0.5) is 9.59 Å². The molecule has 2 unspecified atom stereocenters. The van der Waals surface area contributed by atoms with Crippen molar-refractivity contribution in [3.05, 3.63) is 95.3 Å². The number of carbonyl (C=O) groups excluding carboxylic acids is 4. The van der Waals surface area contributed by atoms with Crippen molar-refractivity contribution in [2.45, 2.75) is 90.4 Å². The van der Waals surface area contributed by atoms with Crippen LogP contribution in [0.25, 0.3) is 33.6 Å². The molecule has 6 atom stereocenters. The summed E-state index contributed by atoms with van der Waals surface area (Å²) in [6.45, 7) is 9.01. The first-order chi connectivity index (χ1) is 29.9. The SMILES string of the molecule is COC(=O)NC(C(=O)N1[C@@H](C)CC[C@H]1c1ncc(-c2cc3c4c(c2)OCc2cc(-c5cnc([C@@H]6C[C@H](C)CN6C(=O)C(OC(N)=O)c6ccccc6)[nH]5)cc(c2-4)OC3)[nH]1)C(C)C.